The maximum atomic E-state index is 13.6. The van der Waals surface area contributed by atoms with Crippen LogP contribution in [0.4, 0.5) is 5.69 Å². The molecule has 0 spiro atoms. The average molecular weight is 481 g/mol. The van der Waals surface area contributed by atoms with Gasteiger partial charge < -0.3 is 19.6 Å². The van der Waals surface area contributed by atoms with Crippen LogP contribution >= 0.6 is 12.9 Å². The molecule has 176 valence electrons. The van der Waals surface area contributed by atoms with Crippen LogP contribution in [0.3, 0.4) is 0 Å². The van der Waals surface area contributed by atoms with Crippen molar-refractivity contribution >= 4 is 36.4 Å². The summed E-state index contributed by atoms with van der Waals surface area (Å²) in [6.45, 7) is 3.84. The van der Waals surface area contributed by atoms with Crippen LogP contribution < -0.4 is 15.4 Å². The van der Waals surface area contributed by atoms with Gasteiger partial charge in [-0.3, -0.25) is 9.59 Å². The molecule has 0 bridgehead atoms. The van der Waals surface area contributed by atoms with Crippen LogP contribution in [0.5, 0.6) is 5.75 Å². The van der Waals surface area contributed by atoms with Gasteiger partial charge in [0.15, 0.2) is 5.69 Å². The SMILES string of the molecule is COc1ccc(-n2nc(C(=O)OS)c3c2C(=O)N(c2ccc(C(C)(C)C(N)=O)cc2)CC3)cc1. The van der Waals surface area contributed by atoms with E-state index in [0.29, 0.717) is 35.7 Å². The Kier molecular flexibility index (Phi) is 6.09. The Bertz CT molecular complexity index is 1270. The van der Waals surface area contributed by atoms with Crippen LogP contribution in [0.2, 0.25) is 0 Å². The van der Waals surface area contributed by atoms with Gasteiger partial charge >= 0.3 is 5.97 Å². The summed E-state index contributed by atoms with van der Waals surface area (Å²) < 4.78 is 11.2. The Hall–Kier alpha value is -3.79. The topological polar surface area (TPSA) is 117 Å². The Labute approximate surface area is 202 Å². The Balaban J connectivity index is 1.76. The van der Waals surface area contributed by atoms with Crippen LogP contribution in [0.25, 0.3) is 5.69 Å². The zero-order chi connectivity index (χ0) is 24.6. The molecule has 0 saturated heterocycles. The monoisotopic (exact) mass is 480 g/mol. The van der Waals surface area contributed by atoms with Crippen molar-refractivity contribution < 1.29 is 23.3 Å². The Morgan fingerprint density at radius 3 is 2.24 bits per heavy atom. The van der Waals surface area contributed by atoms with E-state index in [1.54, 1.807) is 74.4 Å². The normalized spacial score (nSPS) is 13.4. The first-order valence-corrected chi connectivity index (χ1v) is 10.9. The molecule has 1 aliphatic heterocycles. The third kappa shape index (κ3) is 3.90. The smallest absolute Gasteiger partial charge is 0.370 e. The molecule has 2 heterocycles. The molecular weight excluding hydrogens is 456 g/mol. The number of methoxy groups -OCH3 is 1. The summed E-state index contributed by atoms with van der Waals surface area (Å²) in [5.41, 5.74) is 7.49. The fourth-order valence-corrected chi connectivity index (χ4v) is 4.01. The summed E-state index contributed by atoms with van der Waals surface area (Å²) in [4.78, 5) is 39.4. The zero-order valence-corrected chi connectivity index (χ0v) is 19.8. The van der Waals surface area contributed by atoms with E-state index in [0.717, 1.165) is 5.56 Å². The summed E-state index contributed by atoms with van der Waals surface area (Å²) in [7, 11) is 1.56. The first kappa shape index (κ1) is 23.4. The molecule has 2 N–H and O–H groups in total. The quantitative estimate of drug-likeness (QED) is 0.414. The van der Waals surface area contributed by atoms with Crippen LogP contribution in [0.1, 0.15) is 46.0 Å². The Morgan fingerprint density at radius 1 is 1.06 bits per heavy atom. The van der Waals surface area contributed by atoms with Crippen molar-refractivity contribution in [3.8, 4) is 11.4 Å². The van der Waals surface area contributed by atoms with E-state index in [9.17, 15) is 14.4 Å². The molecule has 34 heavy (non-hydrogen) atoms. The number of benzene rings is 2. The van der Waals surface area contributed by atoms with Crippen LogP contribution in [0.15, 0.2) is 48.5 Å². The fourth-order valence-electron chi connectivity index (χ4n) is 3.92. The first-order valence-electron chi connectivity index (χ1n) is 10.5. The summed E-state index contributed by atoms with van der Waals surface area (Å²) in [5, 5.41) is 4.39. The summed E-state index contributed by atoms with van der Waals surface area (Å²) in [6.07, 6.45) is 0.393. The van der Waals surface area contributed by atoms with Gasteiger partial charge in [-0.15, -0.1) is 0 Å². The van der Waals surface area contributed by atoms with Gasteiger partial charge in [0.1, 0.15) is 11.4 Å². The molecule has 4 rings (SSSR count). The van der Waals surface area contributed by atoms with E-state index >= 15 is 0 Å². The highest BCUT2D eigenvalue weighted by Crippen LogP contribution is 2.31. The number of nitrogens with zero attached hydrogens (tertiary/aromatic N) is 3. The van der Waals surface area contributed by atoms with Crippen molar-refractivity contribution in [2.24, 2.45) is 5.73 Å². The van der Waals surface area contributed by atoms with Crippen LogP contribution in [0, 0.1) is 0 Å². The average Bonchev–Trinajstić information content (AvgIpc) is 3.24. The largest absolute Gasteiger partial charge is 0.497 e. The van der Waals surface area contributed by atoms with Gasteiger partial charge in [-0.1, -0.05) is 12.1 Å². The van der Waals surface area contributed by atoms with Crippen molar-refractivity contribution in [3.05, 3.63) is 71.0 Å². The molecule has 1 aromatic heterocycles. The molecule has 0 radical (unpaired) electrons. The molecule has 0 fully saturated rings. The molecule has 10 heteroatoms. The molecule has 3 aromatic rings. The number of thiol groups is 1. The molecule has 1 aliphatic rings. The van der Waals surface area contributed by atoms with Crippen molar-refractivity contribution in [1.29, 1.82) is 0 Å². The predicted molar refractivity (Wildman–Crippen MR) is 129 cm³/mol. The highest BCUT2D eigenvalue weighted by Gasteiger charge is 2.36. The van der Waals surface area contributed by atoms with E-state index in [1.165, 1.54) is 4.68 Å². The number of nitrogens with two attached hydrogens (primary N) is 1. The van der Waals surface area contributed by atoms with Gasteiger partial charge in [-0.2, -0.15) is 5.10 Å². The second kappa shape index (κ2) is 8.86. The molecule has 0 saturated carbocycles. The lowest BCUT2D eigenvalue weighted by atomic mass is 9.84. The van der Waals surface area contributed by atoms with Gasteiger partial charge in [0.2, 0.25) is 5.91 Å². The molecule has 9 nitrogen and oxygen atoms in total. The minimum absolute atomic E-state index is 0.0485. The van der Waals surface area contributed by atoms with Gasteiger partial charge in [-0.05, 0) is 62.2 Å². The lowest BCUT2D eigenvalue weighted by Gasteiger charge is -2.28. The van der Waals surface area contributed by atoms with E-state index < -0.39 is 17.3 Å². The van der Waals surface area contributed by atoms with E-state index in [2.05, 4.69) is 22.2 Å². The Morgan fingerprint density at radius 2 is 1.68 bits per heavy atom. The third-order valence-electron chi connectivity index (χ3n) is 6.13. The van der Waals surface area contributed by atoms with Gasteiger partial charge in [0, 0.05) is 30.7 Å². The number of anilines is 1. The summed E-state index contributed by atoms with van der Waals surface area (Å²) in [6, 6.07) is 14.1. The van der Waals surface area contributed by atoms with Crippen LogP contribution in [-0.2, 0) is 20.8 Å². The first-order chi connectivity index (χ1) is 16.2. The van der Waals surface area contributed by atoms with Crippen molar-refractivity contribution in [2.45, 2.75) is 25.7 Å². The van der Waals surface area contributed by atoms with E-state index in [1.807, 2.05) is 0 Å². The number of primary amides is 1. The summed E-state index contributed by atoms with van der Waals surface area (Å²) in [5.74, 6) is -0.839. The second-order valence-corrected chi connectivity index (χ2v) is 8.59. The molecular formula is C24H24N4O5S. The van der Waals surface area contributed by atoms with Crippen molar-refractivity contribution in [3.63, 3.8) is 0 Å². The number of amides is 2. The molecule has 0 unspecified atom stereocenters. The van der Waals surface area contributed by atoms with Crippen molar-refractivity contribution in [1.82, 2.24) is 9.78 Å². The van der Waals surface area contributed by atoms with E-state index in [4.69, 9.17) is 10.5 Å². The van der Waals surface area contributed by atoms with Gasteiger partial charge in [-0.25, -0.2) is 9.48 Å². The number of ether oxygens (including phenoxy) is 1. The molecule has 0 aliphatic carbocycles. The lowest BCUT2D eigenvalue weighted by Crippen LogP contribution is -2.39. The van der Waals surface area contributed by atoms with Crippen molar-refractivity contribution in [2.75, 3.05) is 18.6 Å². The maximum absolute atomic E-state index is 13.6. The van der Waals surface area contributed by atoms with Gasteiger partial charge in [0.05, 0.1) is 18.2 Å². The van der Waals surface area contributed by atoms with Crippen LogP contribution in [-0.4, -0.2) is 41.2 Å². The fraction of sp³-hybridized carbons (Fsp3) is 0.250. The minimum atomic E-state index is -0.841. The number of rotatable bonds is 6. The second-order valence-electron chi connectivity index (χ2n) is 8.41. The molecule has 0 atom stereocenters. The number of carbonyl (C=O) groups excluding carboxylic acids is 3. The summed E-state index contributed by atoms with van der Waals surface area (Å²) >= 11 is 3.62. The van der Waals surface area contributed by atoms with E-state index in [-0.39, 0.29) is 17.3 Å². The zero-order valence-electron chi connectivity index (χ0n) is 18.9. The number of fused-ring (bicyclic) bond motifs is 1. The van der Waals surface area contributed by atoms with Gasteiger partial charge in [0.25, 0.3) is 5.91 Å². The highest BCUT2D eigenvalue weighted by atomic mass is 32.1. The molecule has 2 aromatic carbocycles. The molecule has 2 amide bonds. The number of hydrogen-bond acceptors (Lipinski definition) is 7. The number of carbonyl (C=O) groups is 3. The standard InChI is InChI=1S/C24H24N4O5S/c1-24(2,23(25)31)14-4-6-15(7-5-14)27-13-12-18-19(22(30)33-34)26-28(20(18)21(27)29)16-8-10-17(32-3)11-9-16/h4-11,34H,12-13H2,1-3H3,(H2,25,31). The third-order valence-corrected chi connectivity index (χ3v) is 6.29. The maximum Gasteiger partial charge on any atom is 0.370 e. The minimum Gasteiger partial charge on any atom is -0.497 e. The lowest BCUT2D eigenvalue weighted by molar-refractivity contribution is -0.122. The number of aromatic nitrogens is 2. The predicted octanol–water partition coefficient (Wildman–Crippen LogP) is 2.85. The number of hydrogen-bond donors (Lipinski definition) is 2. The highest BCUT2D eigenvalue weighted by molar-refractivity contribution is 7.75.